The quantitative estimate of drug-likeness (QED) is 0.144. The van der Waals surface area contributed by atoms with Crippen LogP contribution in [0, 0.1) is 0 Å². The molecule has 0 aliphatic heterocycles. The molecule has 0 aliphatic rings. The van der Waals surface area contributed by atoms with Crippen molar-refractivity contribution in [2.45, 2.75) is 202 Å². The summed E-state index contributed by atoms with van der Waals surface area (Å²) in [5.41, 5.74) is 5.83. The molecule has 6 aromatic heterocycles. The fraction of sp³-hybridized carbons (Fsp3) is 0.593. The van der Waals surface area contributed by atoms with E-state index < -0.39 is 0 Å². The minimum atomic E-state index is -0.0452. The average molecular weight is 1020 g/mol. The fourth-order valence-corrected chi connectivity index (χ4v) is 4.71. The first-order valence-electron chi connectivity index (χ1n) is 26.7. The summed E-state index contributed by atoms with van der Waals surface area (Å²) < 4.78 is 16.7. The first-order valence-corrected chi connectivity index (χ1v) is 26.7. The lowest BCUT2D eigenvalue weighted by Gasteiger charge is -2.05. The SMILES string of the molecule is CC.CC.CC.CC.CC.CC.CC(C)c1ccn(C)c(=O)c1.CC(C)c1cnn(C)c(=O)c1.CC(C)c1cnn(C)c1.CC(C)n1ccnc1.COc1cc(C(C)C)ccn1.COc1cc(C(C)C)cnn1. The Bertz CT molecular complexity index is 2090. The molecule has 14 nitrogen and oxygen atoms in total. The van der Waals surface area contributed by atoms with Crippen LogP contribution in [0.4, 0.5) is 0 Å². The number of nitrogens with zero attached hydrogens (tertiary/aromatic N) is 10. The molecule has 0 spiro atoms. The summed E-state index contributed by atoms with van der Waals surface area (Å²) in [7, 11) is 8.56. The molecular formula is C59H108N10O4. The third kappa shape index (κ3) is 38.4. The van der Waals surface area contributed by atoms with Crippen LogP contribution in [0.5, 0.6) is 11.8 Å². The van der Waals surface area contributed by atoms with E-state index in [1.165, 1.54) is 15.8 Å². The number of aromatic nitrogens is 10. The topological polar surface area (TPSA) is 150 Å². The molecule has 0 saturated heterocycles. The van der Waals surface area contributed by atoms with Crippen molar-refractivity contribution in [3.63, 3.8) is 0 Å². The van der Waals surface area contributed by atoms with Crippen molar-refractivity contribution in [2.24, 2.45) is 21.1 Å². The van der Waals surface area contributed by atoms with Gasteiger partial charge in [-0.25, -0.2) is 14.6 Å². The second kappa shape index (κ2) is 51.0. The summed E-state index contributed by atoms with van der Waals surface area (Å²) in [5.74, 6) is 3.68. The van der Waals surface area contributed by atoms with Gasteiger partial charge in [0, 0.05) is 82.4 Å². The number of rotatable bonds is 8. The zero-order chi connectivity index (χ0) is 58.2. The van der Waals surface area contributed by atoms with Gasteiger partial charge in [0.05, 0.1) is 39.1 Å². The van der Waals surface area contributed by atoms with E-state index in [-0.39, 0.29) is 11.1 Å². The number of pyridine rings is 2. The maximum Gasteiger partial charge on any atom is 0.266 e. The number of imidazole rings is 1. The van der Waals surface area contributed by atoms with Gasteiger partial charge in [-0.3, -0.25) is 14.3 Å². The van der Waals surface area contributed by atoms with Gasteiger partial charge < -0.3 is 18.6 Å². The molecule has 73 heavy (non-hydrogen) atoms. The Hall–Kier alpha value is -5.92. The van der Waals surface area contributed by atoms with Crippen LogP contribution in [0.2, 0.25) is 0 Å². The van der Waals surface area contributed by atoms with Crippen molar-refractivity contribution >= 4 is 0 Å². The number of hydrogen-bond acceptors (Lipinski definition) is 10. The van der Waals surface area contributed by atoms with Crippen LogP contribution in [0.3, 0.4) is 0 Å². The molecule has 0 unspecified atom stereocenters. The third-order valence-electron chi connectivity index (χ3n) is 9.13. The predicted octanol–water partition coefficient (Wildman–Crippen LogP) is 15.4. The van der Waals surface area contributed by atoms with Gasteiger partial charge >= 0.3 is 0 Å². The van der Waals surface area contributed by atoms with Crippen LogP contribution < -0.4 is 20.6 Å². The van der Waals surface area contributed by atoms with E-state index in [2.05, 4.69) is 104 Å². The second-order valence-corrected chi connectivity index (χ2v) is 16.1. The Morgan fingerprint density at radius 1 is 0.479 bits per heavy atom. The van der Waals surface area contributed by atoms with Crippen molar-refractivity contribution in [1.29, 1.82) is 0 Å². The van der Waals surface area contributed by atoms with Gasteiger partial charge in [-0.2, -0.15) is 15.3 Å². The lowest BCUT2D eigenvalue weighted by Crippen LogP contribution is -2.19. The van der Waals surface area contributed by atoms with Crippen LogP contribution in [-0.2, 0) is 21.1 Å². The number of aryl methyl sites for hydroxylation is 3. The van der Waals surface area contributed by atoms with Crippen molar-refractivity contribution in [3.05, 3.63) is 141 Å². The molecule has 0 saturated carbocycles. The van der Waals surface area contributed by atoms with Crippen molar-refractivity contribution < 1.29 is 9.47 Å². The Balaban J connectivity index is -0.000000177. The largest absolute Gasteiger partial charge is 0.481 e. The van der Waals surface area contributed by atoms with Gasteiger partial charge in [-0.05, 0) is 83.4 Å². The van der Waals surface area contributed by atoms with Gasteiger partial charge in [-0.1, -0.05) is 152 Å². The van der Waals surface area contributed by atoms with Crippen LogP contribution in [0.1, 0.15) is 230 Å². The van der Waals surface area contributed by atoms with Gasteiger partial charge in [-0.15, -0.1) is 5.10 Å². The summed E-state index contributed by atoms with van der Waals surface area (Å²) in [6, 6.07) is 11.7. The van der Waals surface area contributed by atoms with E-state index >= 15 is 0 Å². The van der Waals surface area contributed by atoms with E-state index in [9.17, 15) is 9.59 Å². The highest BCUT2D eigenvalue weighted by molar-refractivity contribution is 5.23. The molecule has 0 atom stereocenters. The highest BCUT2D eigenvalue weighted by Gasteiger charge is 2.03. The zero-order valence-corrected chi connectivity index (χ0v) is 51.7. The zero-order valence-electron chi connectivity index (χ0n) is 51.7. The molecular weight excluding hydrogens is 913 g/mol. The molecule has 0 amide bonds. The molecule has 14 heteroatoms. The number of hydrogen-bond donors (Lipinski definition) is 0. The standard InChI is InChI=1S/2C9H13NO.2C8H12N2O.C7H12N2.C6H10N2.6C2H6/c1-7(2)8-4-5-10-9(6-8)11-3;1-7(2)8-4-5-10(3)9(11)6-8;1-6(2)7-4-8(11-3)10-9-5-7;1-6(2)7-4-8(11)10(3)9-5-7;1-6(2)7-4-8-9(3)5-7;1-6(2)8-4-3-7-5-8;6*1-2/h2*4-7H,1-3H3;2*4-6H,1-3H3;4-6H,1-3H3;3-6H,1-2H3;6*1-2H3. The molecule has 418 valence electrons. The first-order chi connectivity index (χ1) is 34.7. The Labute approximate surface area is 446 Å². The van der Waals surface area contributed by atoms with Gasteiger partial charge in [0.1, 0.15) is 0 Å². The summed E-state index contributed by atoms with van der Waals surface area (Å²) in [4.78, 5) is 30.1. The molecule has 6 rings (SSSR count). The van der Waals surface area contributed by atoms with E-state index in [0.29, 0.717) is 47.4 Å². The monoisotopic (exact) mass is 1020 g/mol. The smallest absolute Gasteiger partial charge is 0.266 e. The predicted molar refractivity (Wildman–Crippen MR) is 315 cm³/mol. The summed E-state index contributed by atoms with van der Waals surface area (Å²) in [5, 5.41) is 15.5. The first kappa shape index (κ1) is 78.5. The van der Waals surface area contributed by atoms with Crippen molar-refractivity contribution in [3.8, 4) is 11.8 Å². The van der Waals surface area contributed by atoms with Crippen LogP contribution in [0.15, 0.2) is 102 Å². The molecule has 6 heterocycles. The third-order valence-corrected chi connectivity index (χ3v) is 9.13. The second-order valence-electron chi connectivity index (χ2n) is 16.1. The number of ether oxygens (including phenoxy) is 2. The maximum absolute atomic E-state index is 11.1. The summed E-state index contributed by atoms with van der Waals surface area (Å²) in [6.07, 6.45) is 16.6. The molecule has 0 aliphatic carbocycles. The normalized spacial score (nSPS) is 9.19. The molecule has 0 bridgehead atoms. The number of methoxy groups -OCH3 is 2. The summed E-state index contributed by atoms with van der Waals surface area (Å²) >= 11 is 0. The molecule has 0 fully saturated rings. The Kier molecular flexibility index (Phi) is 54.8. The lowest BCUT2D eigenvalue weighted by atomic mass is 10.1. The average Bonchev–Trinajstić information content (AvgIpc) is 4.14. The van der Waals surface area contributed by atoms with Crippen LogP contribution in [0.25, 0.3) is 0 Å². The lowest BCUT2D eigenvalue weighted by molar-refractivity contribution is 0.391. The van der Waals surface area contributed by atoms with Gasteiger partial charge in [0.25, 0.3) is 11.1 Å². The molecule has 6 aromatic rings. The van der Waals surface area contributed by atoms with Crippen LogP contribution >= 0.6 is 0 Å². The molecule has 0 N–H and O–H groups in total. The van der Waals surface area contributed by atoms with Gasteiger partial charge in [0.2, 0.25) is 11.8 Å². The fourth-order valence-electron chi connectivity index (χ4n) is 4.71. The Morgan fingerprint density at radius 2 is 0.918 bits per heavy atom. The Morgan fingerprint density at radius 3 is 1.27 bits per heavy atom. The van der Waals surface area contributed by atoms with Crippen molar-refractivity contribution in [2.75, 3.05) is 14.2 Å². The van der Waals surface area contributed by atoms with E-state index in [0.717, 1.165) is 16.7 Å². The van der Waals surface area contributed by atoms with E-state index in [1.807, 2.05) is 158 Å². The van der Waals surface area contributed by atoms with Crippen molar-refractivity contribution in [1.82, 2.24) is 48.9 Å². The highest BCUT2D eigenvalue weighted by Crippen LogP contribution is 2.18. The molecule has 0 radical (unpaired) electrons. The maximum atomic E-state index is 11.1. The summed E-state index contributed by atoms with van der Waals surface area (Å²) in [6.45, 7) is 49.3. The minimum Gasteiger partial charge on any atom is -0.481 e. The molecule has 0 aromatic carbocycles. The van der Waals surface area contributed by atoms with Gasteiger partial charge in [0.15, 0.2) is 0 Å². The minimum absolute atomic E-state index is 0.0452. The highest BCUT2D eigenvalue weighted by atomic mass is 16.5. The van der Waals surface area contributed by atoms with E-state index in [1.54, 1.807) is 76.0 Å². The van der Waals surface area contributed by atoms with E-state index in [4.69, 9.17) is 9.47 Å². The van der Waals surface area contributed by atoms with Crippen LogP contribution in [-0.4, -0.2) is 63.1 Å².